The molecule has 1 saturated carbocycles. The first kappa shape index (κ1) is 16.2. The van der Waals surface area contributed by atoms with Crippen LogP contribution in [0.1, 0.15) is 33.1 Å². The third-order valence-corrected chi connectivity index (χ3v) is 5.53. The van der Waals surface area contributed by atoms with E-state index in [1.165, 1.54) is 4.31 Å². The van der Waals surface area contributed by atoms with E-state index >= 15 is 0 Å². The number of benzene rings is 1. The van der Waals surface area contributed by atoms with Crippen LogP contribution in [0.4, 0.5) is 14.5 Å². The number of anilines is 1. The summed E-state index contributed by atoms with van der Waals surface area (Å²) >= 11 is 0. The normalized spacial score (nSPS) is 15.9. The Morgan fingerprint density at radius 3 is 2.48 bits per heavy atom. The largest absolute Gasteiger partial charge is 0.394 e. The Bertz CT molecular complexity index is 628. The van der Waals surface area contributed by atoms with Crippen LogP contribution in [0.15, 0.2) is 17.0 Å². The minimum atomic E-state index is -3.99. The van der Waals surface area contributed by atoms with Gasteiger partial charge in [-0.1, -0.05) is 13.8 Å². The molecule has 0 unspecified atom stereocenters. The Hall–Kier alpha value is -1.21. The lowest BCUT2D eigenvalue weighted by molar-refractivity contribution is 0.371. The topological polar surface area (TPSA) is 63.4 Å². The smallest absolute Gasteiger partial charge is 0.246 e. The van der Waals surface area contributed by atoms with Crippen LogP contribution in [-0.4, -0.2) is 25.3 Å². The third-order valence-electron chi connectivity index (χ3n) is 3.56. The molecule has 7 heteroatoms. The van der Waals surface area contributed by atoms with E-state index in [4.69, 9.17) is 5.73 Å². The summed E-state index contributed by atoms with van der Waals surface area (Å²) in [7, 11) is -3.99. The Balaban J connectivity index is 2.37. The van der Waals surface area contributed by atoms with Gasteiger partial charge in [-0.25, -0.2) is 17.2 Å². The van der Waals surface area contributed by atoms with Crippen molar-refractivity contribution in [3.05, 3.63) is 23.8 Å². The number of rotatable bonds is 6. The standard InChI is InChI=1S/C14H20F2N2O2S/c1-9(2)7-8-18(10-3-4-10)21(19,20)12-6-5-11(15)14(17)13(12)16/h5-6,9-10H,3-4,7-8,17H2,1-2H3. The van der Waals surface area contributed by atoms with Crippen molar-refractivity contribution in [3.63, 3.8) is 0 Å². The average Bonchev–Trinajstić information content (AvgIpc) is 3.19. The zero-order valence-corrected chi connectivity index (χ0v) is 13.0. The molecule has 1 aromatic carbocycles. The van der Waals surface area contributed by atoms with Gasteiger partial charge in [0, 0.05) is 12.6 Å². The maximum atomic E-state index is 14.0. The van der Waals surface area contributed by atoms with Gasteiger partial charge >= 0.3 is 0 Å². The highest BCUT2D eigenvalue weighted by atomic mass is 32.2. The van der Waals surface area contributed by atoms with Crippen LogP contribution in [0.25, 0.3) is 0 Å². The predicted molar refractivity (Wildman–Crippen MR) is 77.1 cm³/mol. The Morgan fingerprint density at radius 2 is 1.95 bits per heavy atom. The first-order chi connectivity index (χ1) is 9.75. The van der Waals surface area contributed by atoms with E-state index in [2.05, 4.69) is 0 Å². The molecule has 118 valence electrons. The lowest BCUT2D eigenvalue weighted by Gasteiger charge is -2.23. The lowest BCUT2D eigenvalue weighted by Crippen LogP contribution is -2.35. The minimum Gasteiger partial charge on any atom is -0.394 e. The second kappa shape index (κ2) is 5.88. The van der Waals surface area contributed by atoms with Gasteiger partial charge in [0.25, 0.3) is 0 Å². The van der Waals surface area contributed by atoms with Gasteiger partial charge in [0.2, 0.25) is 10.0 Å². The van der Waals surface area contributed by atoms with Crippen molar-refractivity contribution in [3.8, 4) is 0 Å². The predicted octanol–water partition coefficient (Wildman–Crippen LogP) is 2.75. The zero-order chi connectivity index (χ0) is 15.8. The highest BCUT2D eigenvalue weighted by Gasteiger charge is 2.39. The fraction of sp³-hybridized carbons (Fsp3) is 0.571. The molecule has 0 atom stereocenters. The van der Waals surface area contributed by atoms with Crippen LogP contribution in [-0.2, 0) is 10.0 Å². The number of sulfonamides is 1. The first-order valence-corrected chi connectivity index (χ1v) is 8.44. The number of hydrogen-bond acceptors (Lipinski definition) is 3. The molecule has 1 fully saturated rings. The van der Waals surface area contributed by atoms with Crippen molar-refractivity contribution in [1.82, 2.24) is 4.31 Å². The molecular formula is C14H20F2N2O2S. The molecule has 0 radical (unpaired) electrons. The van der Waals surface area contributed by atoms with Gasteiger partial charge in [0.1, 0.15) is 16.4 Å². The van der Waals surface area contributed by atoms with Crippen LogP contribution >= 0.6 is 0 Å². The van der Waals surface area contributed by atoms with E-state index in [9.17, 15) is 17.2 Å². The molecule has 1 aliphatic carbocycles. The van der Waals surface area contributed by atoms with Crippen LogP contribution in [0.2, 0.25) is 0 Å². The van der Waals surface area contributed by atoms with Crippen molar-refractivity contribution >= 4 is 15.7 Å². The van der Waals surface area contributed by atoms with Gasteiger partial charge in [-0.2, -0.15) is 4.31 Å². The number of nitrogens with zero attached hydrogens (tertiary/aromatic N) is 1. The summed E-state index contributed by atoms with van der Waals surface area (Å²) in [5, 5.41) is 0. The summed E-state index contributed by atoms with van der Waals surface area (Å²) in [4.78, 5) is -0.544. The molecule has 0 aromatic heterocycles. The molecule has 0 bridgehead atoms. The minimum absolute atomic E-state index is 0.0839. The van der Waals surface area contributed by atoms with E-state index < -0.39 is 32.2 Å². The van der Waals surface area contributed by atoms with E-state index in [1.54, 1.807) is 0 Å². The Labute approximate surface area is 124 Å². The maximum absolute atomic E-state index is 14.0. The molecule has 0 heterocycles. The summed E-state index contributed by atoms with van der Waals surface area (Å²) in [5.41, 5.74) is 4.51. The first-order valence-electron chi connectivity index (χ1n) is 7.00. The molecule has 0 amide bonds. The number of hydrogen-bond donors (Lipinski definition) is 1. The van der Waals surface area contributed by atoms with E-state index in [-0.39, 0.29) is 6.04 Å². The molecule has 4 nitrogen and oxygen atoms in total. The van der Waals surface area contributed by atoms with Crippen LogP contribution in [0.5, 0.6) is 0 Å². The van der Waals surface area contributed by atoms with Crippen molar-refractivity contribution in [2.24, 2.45) is 5.92 Å². The molecular weight excluding hydrogens is 298 g/mol. The second-order valence-corrected chi connectivity index (χ2v) is 7.66. The van der Waals surface area contributed by atoms with Crippen molar-refractivity contribution in [2.75, 3.05) is 12.3 Å². The molecule has 0 saturated heterocycles. The molecule has 1 aromatic rings. The second-order valence-electron chi connectivity index (χ2n) is 5.80. The fourth-order valence-electron chi connectivity index (χ4n) is 2.12. The molecule has 0 spiro atoms. The maximum Gasteiger partial charge on any atom is 0.246 e. The summed E-state index contributed by atoms with van der Waals surface area (Å²) < 4.78 is 53.8. The monoisotopic (exact) mass is 318 g/mol. The summed E-state index contributed by atoms with van der Waals surface area (Å²) in [6.45, 7) is 4.32. The zero-order valence-electron chi connectivity index (χ0n) is 12.1. The number of halogens is 2. The van der Waals surface area contributed by atoms with Crippen LogP contribution in [0, 0.1) is 17.6 Å². The summed E-state index contributed by atoms with van der Waals surface area (Å²) in [5.74, 6) is -1.82. The number of nitrogen functional groups attached to an aromatic ring is 1. The Kier molecular flexibility index (Phi) is 4.53. The van der Waals surface area contributed by atoms with Gasteiger partial charge in [-0.05, 0) is 37.3 Å². The highest BCUT2D eigenvalue weighted by molar-refractivity contribution is 7.89. The lowest BCUT2D eigenvalue weighted by atomic mass is 10.1. The van der Waals surface area contributed by atoms with Crippen molar-refractivity contribution in [2.45, 2.75) is 44.0 Å². The quantitative estimate of drug-likeness (QED) is 0.820. The fourth-order valence-corrected chi connectivity index (χ4v) is 3.90. The highest BCUT2D eigenvalue weighted by Crippen LogP contribution is 2.34. The molecule has 2 N–H and O–H groups in total. The van der Waals surface area contributed by atoms with Crippen LogP contribution < -0.4 is 5.73 Å². The van der Waals surface area contributed by atoms with Crippen molar-refractivity contribution in [1.29, 1.82) is 0 Å². The molecule has 1 aliphatic rings. The summed E-state index contributed by atoms with van der Waals surface area (Å²) in [6.07, 6.45) is 2.24. The van der Waals surface area contributed by atoms with Gasteiger partial charge in [-0.3, -0.25) is 0 Å². The van der Waals surface area contributed by atoms with E-state index in [0.717, 1.165) is 25.0 Å². The average molecular weight is 318 g/mol. The third kappa shape index (κ3) is 3.35. The van der Waals surface area contributed by atoms with Crippen LogP contribution in [0.3, 0.4) is 0 Å². The van der Waals surface area contributed by atoms with Gasteiger partial charge < -0.3 is 5.73 Å². The van der Waals surface area contributed by atoms with Gasteiger partial charge in [0.05, 0.1) is 0 Å². The van der Waals surface area contributed by atoms with E-state index in [1.807, 2.05) is 13.8 Å². The van der Waals surface area contributed by atoms with Gasteiger partial charge in [0.15, 0.2) is 5.82 Å². The van der Waals surface area contributed by atoms with Gasteiger partial charge in [-0.15, -0.1) is 0 Å². The molecule has 0 aliphatic heterocycles. The molecule has 2 rings (SSSR count). The number of nitrogens with two attached hydrogens (primary N) is 1. The molecule has 21 heavy (non-hydrogen) atoms. The van der Waals surface area contributed by atoms with Crippen molar-refractivity contribution < 1.29 is 17.2 Å². The van der Waals surface area contributed by atoms with E-state index in [0.29, 0.717) is 18.9 Å². The SMILES string of the molecule is CC(C)CCN(C1CC1)S(=O)(=O)c1ccc(F)c(N)c1F. The summed E-state index contributed by atoms with van der Waals surface area (Å²) in [6, 6.07) is 1.75. The Morgan fingerprint density at radius 1 is 1.33 bits per heavy atom.